The molecule has 39 heavy (non-hydrogen) atoms. The number of benzene rings is 3. The minimum atomic E-state index is -0.889. The summed E-state index contributed by atoms with van der Waals surface area (Å²) in [6.45, 7) is 5.83. The van der Waals surface area contributed by atoms with E-state index in [1.807, 2.05) is 72.6 Å². The number of halogens is 1. The Morgan fingerprint density at radius 2 is 1.54 bits per heavy atom. The zero-order chi connectivity index (χ0) is 28.5. The number of hydrogen-bond donors (Lipinski definition) is 3. The third kappa shape index (κ3) is 10.9. The summed E-state index contributed by atoms with van der Waals surface area (Å²) in [6.07, 6.45) is 3.60. The molecule has 3 aromatic carbocycles. The third-order valence-corrected chi connectivity index (χ3v) is 7.31. The van der Waals surface area contributed by atoms with Crippen molar-refractivity contribution < 1.29 is 14.7 Å². The number of para-hydroxylation sites is 1. The number of thiophene rings is 1. The highest BCUT2D eigenvalue weighted by atomic mass is 79.9. The first-order chi connectivity index (χ1) is 19.0. The number of fused-ring (bicyclic) bond motifs is 1. The maximum atomic E-state index is 12.1. The Kier molecular flexibility index (Phi) is 15.1. The van der Waals surface area contributed by atoms with E-state index in [2.05, 4.69) is 51.9 Å². The van der Waals surface area contributed by atoms with Gasteiger partial charge in [0.2, 0.25) is 0 Å². The van der Waals surface area contributed by atoms with E-state index in [1.54, 1.807) is 23.5 Å². The van der Waals surface area contributed by atoms with Crippen LogP contribution >= 0.6 is 27.3 Å². The Morgan fingerprint density at radius 1 is 0.897 bits per heavy atom. The lowest BCUT2D eigenvalue weighted by atomic mass is 10.00. The van der Waals surface area contributed by atoms with Crippen LogP contribution in [0.15, 0.2) is 90.3 Å². The van der Waals surface area contributed by atoms with Crippen LogP contribution < -0.4 is 10.6 Å². The fourth-order valence-electron chi connectivity index (χ4n) is 4.08. The molecule has 0 bridgehead atoms. The number of aliphatic carboxylic acids is 1. The standard InChI is InChI=1S/C17H23NOS.C14H13NO2.CH3Br/c1-3-13(4-2)7-9-18-12-16(19)14-5-6-17-15(11-14)8-10-20-17;16-14(17)13(11-7-3-1-4-8-11)15-12-9-5-2-6-10-12;1-2/h5-6,8,10-11,13,18H,3-4,7,9,12H2,1-2H3;1-10,13,15H,(H,16,17);1H3. The number of alkyl halides is 1. The molecule has 1 atom stereocenters. The fourth-order valence-corrected chi connectivity index (χ4v) is 4.85. The van der Waals surface area contributed by atoms with Crippen molar-refractivity contribution in [1.29, 1.82) is 0 Å². The zero-order valence-electron chi connectivity index (χ0n) is 22.9. The fraction of sp³-hybridized carbons (Fsp3) is 0.312. The van der Waals surface area contributed by atoms with Crippen molar-refractivity contribution in [2.24, 2.45) is 5.92 Å². The molecule has 7 heteroatoms. The van der Waals surface area contributed by atoms with E-state index in [9.17, 15) is 14.7 Å². The number of carboxylic acids is 1. The summed E-state index contributed by atoms with van der Waals surface area (Å²) >= 11 is 4.65. The molecule has 0 spiro atoms. The second-order valence-electron chi connectivity index (χ2n) is 8.94. The molecule has 0 fully saturated rings. The minimum Gasteiger partial charge on any atom is -0.479 e. The number of nitrogens with one attached hydrogen (secondary N) is 2. The van der Waals surface area contributed by atoms with E-state index in [0.717, 1.165) is 41.1 Å². The Morgan fingerprint density at radius 3 is 2.15 bits per heavy atom. The molecular formula is C32H39BrN2O3S. The first-order valence-electron chi connectivity index (χ1n) is 13.2. The van der Waals surface area contributed by atoms with Gasteiger partial charge in [0.1, 0.15) is 0 Å². The molecule has 3 N–H and O–H groups in total. The van der Waals surface area contributed by atoms with Gasteiger partial charge in [0, 0.05) is 16.0 Å². The summed E-state index contributed by atoms with van der Waals surface area (Å²) in [7, 11) is 0. The summed E-state index contributed by atoms with van der Waals surface area (Å²) in [5.74, 6) is 1.88. The van der Waals surface area contributed by atoms with Crippen molar-refractivity contribution in [2.45, 2.75) is 39.2 Å². The second kappa shape index (κ2) is 18.3. The predicted octanol–water partition coefficient (Wildman–Crippen LogP) is 8.44. The van der Waals surface area contributed by atoms with Crippen LogP contribution in [0.4, 0.5) is 5.69 Å². The van der Waals surface area contributed by atoms with E-state index in [4.69, 9.17) is 0 Å². The van der Waals surface area contributed by atoms with Crippen LogP contribution in [0.2, 0.25) is 0 Å². The first kappa shape index (κ1) is 32.2. The molecule has 4 rings (SSSR count). The number of Topliss-reactive ketones (excluding diaryl/α,β-unsaturated/α-hetero) is 1. The molecule has 0 aliphatic carbocycles. The maximum Gasteiger partial charge on any atom is 0.330 e. The van der Waals surface area contributed by atoms with E-state index in [-0.39, 0.29) is 5.78 Å². The molecule has 0 saturated carbocycles. The largest absolute Gasteiger partial charge is 0.479 e. The van der Waals surface area contributed by atoms with Gasteiger partial charge in [-0.3, -0.25) is 4.79 Å². The molecule has 0 aliphatic rings. The lowest BCUT2D eigenvalue weighted by molar-refractivity contribution is -0.138. The summed E-state index contributed by atoms with van der Waals surface area (Å²) < 4.78 is 1.24. The van der Waals surface area contributed by atoms with E-state index in [1.165, 1.54) is 17.5 Å². The van der Waals surface area contributed by atoms with E-state index in [0.29, 0.717) is 6.54 Å². The third-order valence-electron chi connectivity index (χ3n) is 6.41. The van der Waals surface area contributed by atoms with Gasteiger partial charge in [0.05, 0.1) is 6.54 Å². The van der Waals surface area contributed by atoms with Crippen LogP contribution in [0.1, 0.15) is 55.1 Å². The highest BCUT2D eigenvalue weighted by Gasteiger charge is 2.18. The number of carbonyl (C=O) groups is 2. The summed E-state index contributed by atoms with van der Waals surface area (Å²) in [6, 6.07) is 25.8. The van der Waals surface area contributed by atoms with Crippen LogP contribution in [-0.4, -0.2) is 35.8 Å². The van der Waals surface area contributed by atoms with Crippen LogP contribution in [0.5, 0.6) is 0 Å². The van der Waals surface area contributed by atoms with Crippen molar-refractivity contribution in [1.82, 2.24) is 5.32 Å². The Balaban J connectivity index is 0.000000260. The lowest BCUT2D eigenvalue weighted by Gasteiger charge is -2.15. The quantitative estimate of drug-likeness (QED) is 0.0852. The topological polar surface area (TPSA) is 78.4 Å². The van der Waals surface area contributed by atoms with Crippen LogP contribution in [0, 0.1) is 5.92 Å². The molecular weight excluding hydrogens is 572 g/mol. The van der Waals surface area contributed by atoms with E-state index >= 15 is 0 Å². The Bertz CT molecular complexity index is 1240. The number of rotatable bonds is 12. The van der Waals surface area contributed by atoms with Gasteiger partial charge >= 0.3 is 5.97 Å². The summed E-state index contributed by atoms with van der Waals surface area (Å²) in [5, 5.41) is 18.7. The van der Waals surface area contributed by atoms with E-state index < -0.39 is 12.0 Å². The zero-order valence-corrected chi connectivity index (χ0v) is 25.3. The van der Waals surface area contributed by atoms with Gasteiger partial charge in [-0.1, -0.05) is 91.1 Å². The normalized spacial score (nSPS) is 11.1. The molecule has 0 amide bonds. The van der Waals surface area contributed by atoms with Crippen molar-refractivity contribution in [3.8, 4) is 0 Å². The number of anilines is 1. The Hall–Kier alpha value is -3.00. The smallest absolute Gasteiger partial charge is 0.330 e. The summed E-state index contributed by atoms with van der Waals surface area (Å²) in [4.78, 5) is 23.4. The van der Waals surface area contributed by atoms with Crippen LogP contribution in [0.3, 0.4) is 0 Å². The molecule has 0 saturated heterocycles. The summed E-state index contributed by atoms with van der Waals surface area (Å²) in [5.41, 5.74) is 2.35. The van der Waals surface area contributed by atoms with Crippen molar-refractivity contribution in [3.63, 3.8) is 0 Å². The number of carboxylic acid groups (broad SMARTS) is 1. The van der Waals surface area contributed by atoms with Gasteiger partial charge in [0.15, 0.2) is 11.8 Å². The predicted molar refractivity (Wildman–Crippen MR) is 169 cm³/mol. The highest BCUT2D eigenvalue weighted by molar-refractivity contribution is 9.08. The number of ketones is 1. The SMILES string of the molecule is CBr.CCC(CC)CCNCC(=O)c1ccc2sccc2c1.O=C(O)C(Nc1ccccc1)c1ccccc1. The van der Waals surface area contributed by atoms with Gasteiger partial charge < -0.3 is 15.7 Å². The average molecular weight is 612 g/mol. The first-order valence-corrected chi connectivity index (χ1v) is 15.7. The molecule has 0 aliphatic heterocycles. The van der Waals surface area contributed by atoms with Crippen molar-refractivity contribution in [3.05, 3.63) is 101 Å². The van der Waals surface area contributed by atoms with Crippen LogP contribution in [0.25, 0.3) is 10.1 Å². The maximum absolute atomic E-state index is 12.1. The van der Waals surface area contributed by atoms with Crippen molar-refractivity contribution in [2.75, 3.05) is 24.2 Å². The monoisotopic (exact) mass is 610 g/mol. The van der Waals surface area contributed by atoms with Gasteiger partial charge in [0.25, 0.3) is 0 Å². The molecule has 1 unspecified atom stereocenters. The van der Waals surface area contributed by atoms with Gasteiger partial charge in [-0.15, -0.1) is 11.3 Å². The van der Waals surface area contributed by atoms with Gasteiger partial charge in [-0.05, 0) is 77.4 Å². The second-order valence-corrected chi connectivity index (χ2v) is 9.88. The number of hydrogen-bond acceptors (Lipinski definition) is 5. The molecule has 0 radical (unpaired) electrons. The average Bonchev–Trinajstić information content (AvgIpc) is 3.46. The van der Waals surface area contributed by atoms with Crippen molar-refractivity contribution >= 4 is 54.8 Å². The van der Waals surface area contributed by atoms with Gasteiger partial charge in [-0.25, -0.2) is 4.79 Å². The molecule has 1 aromatic heterocycles. The molecule has 5 nitrogen and oxygen atoms in total. The minimum absolute atomic E-state index is 0.183. The lowest BCUT2D eigenvalue weighted by Crippen LogP contribution is -2.25. The Labute approximate surface area is 244 Å². The highest BCUT2D eigenvalue weighted by Crippen LogP contribution is 2.22. The molecule has 4 aromatic rings. The van der Waals surface area contributed by atoms with Gasteiger partial charge in [-0.2, -0.15) is 0 Å². The number of carbonyl (C=O) groups excluding carboxylic acids is 1. The molecule has 208 valence electrons. The van der Waals surface area contributed by atoms with Crippen LogP contribution in [-0.2, 0) is 4.79 Å². The molecule has 1 heterocycles.